The van der Waals surface area contributed by atoms with Crippen LogP contribution in [0.25, 0.3) is 11.1 Å². The lowest BCUT2D eigenvalue weighted by Gasteiger charge is -2.38. The number of carbonyl (C=O) groups is 2. The Kier molecular flexibility index (Phi) is 3.52. The molecule has 0 atom stereocenters. The Hall–Kier alpha value is -2.83. The van der Waals surface area contributed by atoms with E-state index in [1.807, 2.05) is 0 Å². The second-order valence-electron chi connectivity index (χ2n) is 6.61. The van der Waals surface area contributed by atoms with Crippen molar-refractivity contribution in [1.82, 2.24) is 9.88 Å². The molecule has 0 unspecified atom stereocenters. The molecule has 1 N–H and O–H groups in total. The highest BCUT2D eigenvalue weighted by Crippen LogP contribution is 2.40. The second-order valence-corrected chi connectivity index (χ2v) is 6.61. The van der Waals surface area contributed by atoms with Crippen LogP contribution < -0.4 is 16.0 Å². The summed E-state index contributed by atoms with van der Waals surface area (Å²) in [5, 5.41) is 2.45. The topological polar surface area (TPSA) is 84.6 Å². The van der Waals surface area contributed by atoms with Crippen LogP contribution in [0.2, 0.25) is 0 Å². The summed E-state index contributed by atoms with van der Waals surface area (Å²) in [6.45, 7) is 3.98. The number of imide groups is 1. The average molecular weight is 341 g/mol. The van der Waals surface area contributed by atoms with Gasteiger partial charge >= 0.3 is 11.8 Å². The first-order valence-corrected chi connectivity index (χ1v) is 8.47. The third kappa shape index (κ3) is 2.22. The van der Waals surface area contributed by atoms with E-state index in [-0.39, 0.29) is 5.91 Å². The predicted octanol–water partition coefficient (Wildman–Crippen LogP) is 2.54. The van der Waals surface area contributed by atoms with Gasteiger partial charge in [-0.3, -0.25) is 19.6 Å². The van der Waals surface area contributed by atoms with E-state index < -0.39 is 17.3 Å². The Labute approximate surface area is 143 Å². The first kappa shape index (κ1) is 15.7. The number of hydrogen-bond acceptors (Lipinski definition) is 4. The number of amides is 3. The minimum atomic E-state index is -0.826. The maximum atomic E-state index is 12.5. The van der Waals surface area contributed by atoms with Gasteiger partial charge in [-0.2, -0.15) is 0 Å². The number of rotatable bonds is 3. The zero-order valence-electron chi connectivity index (χ0n) is 13.8. The normalized spacial score (nSPS) is 19.6. The number of oxazole rings is 1. The van der Waals surface area contributed by atoms with Gasteiger partial charge in [0, 0.05) is 12.6 Å². The van der Waals surface area contributed by atoms with Gasteiger partial charge in [0.15, 0.2) is 5.58 Å². The molecule has 7 nitrogen and oxygen atoms in total. The number of anilines is 1. The summed E-state index contributed by atoms with van der Waals surface area (Å²) in [5.41, 5.74) is 0.768. The van der Waals surface area contributed by atoms with E-state index in [2.05, 4.69) is 11.9 Å². The van der Waals surface area contributed by atoms with Crippen LogP contribution in [0, 0.1) is 0 Å². The van der Waals surface area contributed by atoms with Gasteiger partial charge in [-0.15, -0.1) is 6.58 Å². The molecule has 2 fully saturated rings. The molecule has 1 aromatic heterocycles. The summed E-state index contributed by atoms with van der Waals surface area (Å²) >= 11 is 0. The molecule has 1 aromatic carbocycles. The molecule has 2 aliphatic rings. The maximum absolute atomic E-state index is 12.5. The van der Waals surface area contributed by atoms with Crippen molar-refractivity contribution in [2.45, 2.75) is 44.2 Å². The standard InChI is InChI=1S/C18H19N3O4/c1-2-10-20-13-7-6-12(11-14(13)25-17(20)24)21-16(23)19-15(22)18(21)8-4-3-5-9-18/h2,6-7,11H,1,3-5,8-10H2,(H,19,22,23). The van der Waals surface area contributed by atoms with Crippen LogP contribution >= 0.6 is 0 Å². The van der Waals surface area contributed by atoms with Crippen molar-refractivity contribution in [3.05, 3.63) is 41.4 Å². The Balaban J connectivity index is 1.82. The molecule has 0 radical (unpaired) electrons. The molecular formula is C18H19N3O4. The van der Waals surface area contributed by atoms with Crippen molar-refractivity contribution in [2.75, 3.05) is 4.90 Å². The minimum absolute atomic E-state index is 0.233. The zero-order chi connectivity index (χ0) is 17.6. The summed E-state index contributed by atoms with van der Waals surface area (Å²) in [5.74, 6) is -0.704. The highest BCUT2D eigenvalue weighted by atomic mass is 16.4. The molecule has 25 heavy (non-hydrogen) atoms. The van der Waals surface area contributed by atoms with Gasteiger partial charge in [0.2, 0.25) is 0 Å². The van der Waals surface area contributed by atoms with Crippen LogP contribution in [-0.4, -0.2) is 22.0 Å². The summed E-state index contributed by atoms with van der Waals surface area (Å²) < 4.78 is 6.78. The molecule has 1 aliphatic carbocycles. The van der Waals surface area contributed by atoms with Crippen molar-refractivity contribution in [3.8, 4) is 0 Å². The molecule has 0 bridgehead atoms. The van der Waals surface area contributed by atoms with E-state index in [1.54, 1.807) is 29.2 Å². The monoisotopic (exact) mass is 341 g/mol. The fourth-order valence-electron chi connectivity index (χ4n) is 4.01. The minimum Gasteiger partial charge on any atom is -0.408 e. The quantitative estimate of drug-likeness (QED) is 0.687. The van der Waals surface area contributed by atoms with Gasteiger partial charge < -0.3 is 4.42 Å². The third-order valence-corrected chi connectivity index (χ3v) is 5.18. The number of fused-ring (bicyclic) bond motifs is 1. The zero-order valence-corrected chi connectivity index (χ0v) is 13.8. The lowest BCUT2D eigenvalue weighted by molar-refractivity contribution is -0.124. The van der Waals surface area contributed by atoms with Crippen molar-refractivity contribution in [3.63, 3.8) is 0 Å². The SMILES string of the molecule is C=CCn1c(=O)oc2cc(N3C(=O)NC(=O)C34CCCCC4)ccc21. The fraction of sp³-hybridized carbons (Fsp3) is 0.389. The van der Waals surface area contributed by atoms with E-state index in [9.17, 15) is 14.4 Å². The van der Waals surface area contributed by atoms with E-state index in [0.29, 0.717) is 36.2 Å². The van der Waals surface area contributed by atoms with Gasteiger partial charge in [-0.25, -0.2) is 9.59 Å². The fourth-order valence-corrected chi connectivity index (χ4v) is 4.01. The highest BCUT2D eigenvalue weighted by Gasteiger charge is 2.53. The largest absolute Gasteiger partial charge is 0.420 e. The molecule has 7 heteroatoms. The number of allylic oxidation sites excluding steroid dienone is 1. The molecule has 1 saturated heterocycles. The van der Waals surface area contributed by atoms with Gasteiger partial charge in [-0.05, 0) is 25.0 Å². The van der Waals surface area contributed by atoms with Crippen LogP contribution in [-0.2, 0) is 11.3 Å². The molecule has 1 saturated carbocycles. The highest BCUT2D eigenvalue weighted by molar-refractivity contribution is 6.17. The predicted molar refractivity (Wildman–Crippen MR) is 92.5 cm³/mol. The van der Waals surface area contributed by atoms with Crippen LogP contribution in [0.5, 0.6) is 0 Å². The van der Waals surface area contributed by atoms with Crippen molar-refractivity contribution in [2.24, 2.45) is 0 Å². The van der Waals surface area contributed by atoms with Crippen LogP contribution in [0.15, 0.2) is 40.1 Å². The molecule has 3 amide bonds. The second kappa shape index (κ2) is 5.61. The molecule has 4 rings (SSSR count). The number of carbonyl (C=O) groups excluding carboxylic acids is 2. The van der Waals surface area contributed by atoms with Crippen molar-refractivity contribution < 1.29 is 14.0 Å². The Bertz CT molecular complexity index is 933. The summed E-state index contributed by atoms with van der Waals surface area (Å²) in [6.07, 6.45) is 5.78. The average Bonchev–Trinajstić information content (AvgIpc) is 3.02. The molecule has 2 heterocycles. The molecule has 1 aliphatic heterocycles. The van der Waals surface area contributed by atoms with E-state index >= 15 is 0 Å². The van der Waals surface area contributed by atoms with E-state index in [0.717, 1.165) is 19.3 Å². The summed E-state index contributed by atoms with van der Waals surface area (Å²) in [4.78, 5) is 38.5. The van der Waals surface area contributed by atoms with Gasteiger partial charge in [0.25, 0.3) is 5.91 Å². The Morgan fingerprint density at radius 1 is 1.20 bits per heavy atom. The van der Waals surface area contributed by atoms with Crippen LogP contribution in [0.3, 0.4) is 0 Å². The molecule has 1 spiro atoms. The van der Waals surface area contributed by atoms with Crippen LogP contribution in [0.1, 0.15) is 32.1 Å². The number of nitrogens with zero attached hydrogens (tertiary/aromatic N) is 2. The third-order valence-electron chi connectivity index (χ3n) is 5.18. The van der Waals surface area contributed by atoms with E-state index in [1.165, 1.54) is 4.57 Å². The Morgan fingerprint density at radius 2 is 1.96 bits per heavy atom. The first-order valence-electron chi connectivity index (χ1n) is 8.47. The number of hydrogen-bond donors (Lipinski definition) is 1. The smallest absolute Gasteiger partial charge is 0.408 e. The Morgan fingerprint density at radius 3 is 2.68 bits per heavy atom. The number of aromatic nitrogens is 1. The van der Waals surface area contributed by atoms with Crippen molar-refractivity contribution >= 4 is 28.7 Å². The van der Waals surface area contributed by atoms with Gasteiger partial charge in [-0.1, -0.05) is 25.3 Å². The number of urea groups is 1. The van der Waals surface area contributed by atoms with Gasteiger partial charge in [0.05, 0.1) is 11.2 Å². The van der Waals surface area contributed by atoms with Crippen LogP contribution in [0.4, 0.5) is 10.5 Å². The summed E-state index contributed by atoms with van der Waals surface area (Å²) in [7, 11) is 0. The maximum Gasteiger partial charge on any atom is 0.420 e. The molecule has 2 aromatic rings. The molecule has 130 valence electrons. The lowest BCUT2D eigenvalue weighted by Crippen LogP contribution is -2.51. The number of nitrogens with one attached hydrogen (secondary N) is 1. The van der Waals surface area contributed by atoms with Gasteiger partial charge in [0.1, 0.15) is 5.54 Å². The number of benzene rings is 1. The van der Waals surface area contributed by atoms with Crippen molar-refractivity contribution in [1.29, 1.82) is 0 Å². The molecular weight excluding hydrogens is 322 g/mol. The van der Waals surface area contributed by atoms with E-state index in [4.69, 9.17) is 4.42 Å². The summed E-state index contributed by atoms with van der Waals surface area (Å²) in [6, 6.07) is 4.74. The first-order chi connectivity index (χ1) is 12.1. The lowest BCUT2D eigenvalue weighted by atomic mass is 9.80.